The predicted octanol–water partition coefficient (Wildman–Crippen LogP) is 1.93. The van der Waals surface area contributed by atoms with E-state index in [0.717, 1.165) is 42.4 Å². The van der Waals surface area contributed by atoms with Gasteiger partial charge in [-0.3, -0.25) is 9.21 Å². The van der Waals surface area contributed by atoms with Gasteiger partial charge in [-0.15, -0.1) is 0 Å². The number of nitrogens with zero attached hydrogens (tertiary/aromatic N) is 1. The van der Waals surface area contributed by atoms with Crippen LogP contribution in [0.15, 0.2) is 24.3 Å². The van der Waals surface area contributed by atoms with E-state index >= 15 is 0 Å². The van der Waals surface area contributed by atoms with Crippen molar-refractivity contribution < 1.29 is 13.5 Å². The minimum atomic E-state index is -3.27. The summed E-state index contributed by atoms with van der Waals surface area (Å²) in [5, 5.41) is 9.47. The molecule has 5 nitrogen and oxygen atoms in total. The van der Waals surface area contributed by atoms with Crippen molar-refractivity contribution in [2.45, 2.75) is 25.7 Å². The van der Waals surface area contributed by atoms with Crippen molar-refractivity contribution in [3.8, 4) is 0 Å². The average molecular weight is 313 g/mol. The van der Waals surface area contributed by atoms with Gasteiger partial charge in [0.1, 0.15) is 12.2 Å². The van der Waals surface area contributed by atoms with Crippen LogP contribution in [0.5, 0.6) is 0 Å². The molecule has 1 aliphatic heterocycles. The summed E-state index contributed by atoms with van der Waals surface area (Å²) in [6.45, 7) is 2.83. The molecule has 2 N–H and O–H groups in total. The van der Waals surface area contributed by atoms with E-state index in [1.165, 1.54) is 12.8 Å². The molecular formula is C15H25N2O3S+. The normalized spacial score (nSPS) is 19.0. The summed E-state index contributed by atoms with van der Waals surface area (Å²) in [5.41, 5.74) is 1.68. The first-order chi connectivity index (χ1) is 9.95. The van der Waals surface area contributed by atoms with Gasteiger partial charge in [0, 0.05) is 6.07 Å². The highest BCUT2D eigenvalue weighted by atomic mass is 32.2. The Bertz CT molecular complexity index is 564. The third-order valence-corrected chi connectivity index (χ3v) is 4.75. The molecule has 0 spiro atoms. The summed E-state index contributed by atoms with van der Waals surface area (Å²) < 4.78 is 26.1. The maximum absolute atomic E-state index is 11.4. The molecule has 0 bridgehead atoms. The minimum absolute atomic E-state index is 0.143. The number of quaternary nitrogens is 1. The number of hydrogen-bond acceptors (Lipinski definition) is 3. The third kappa shape index (κ3) is 4.43. The summed E-state index contributed by atoms with van der Waals surface area (Å²) in [5.74, 6) is 0. The van der Waals surface area contributed by atoms with E-state index < -0.39 is 10.0 Å². The molecule has 1 aromatic carbocycles. The maximum Gasteiger partial charge on any atom is 0.229 e. The van der Waals surface area contributed by atoms with Crippen LogP contribution in [0.3, 0.4) is 0 Å². The first-order valence-electron chi connectivity index (χ1n) is 7.51. The van der Waals surface area contributed by atoms with Crippen LogP contribution in [-0.2, 0) is 10.0 Å². The fraction of sp³-hybridized carbons (Fsp3) is 0.600. The standard InChI is InChI=1S/C15H25N2O3S/c1-21(19,20)16-14-7-6-8-15(13-14)17(11-12-18)9-4-2-3-5-10-17/h6-8,13,16,18H,2-5,9-12H2,1H3/q+1. The number of sulfonamides is 1. The van der Waals surface area contributed by atoms with Crippen molar-refractivity contribution in [1.82, 2.24) is 4.48 Å². The number of anilines is 1. The number of rotatable bonds is 5. The van der Waals surface area contributed by atoms with Gasteiger partial charge < -0.3 is 5.11 Å². The molecule has 21 heavy (non-hydrogen) atoms. The van der Waals surface area contributed by atoms with Gasteiger partial charge in [-0.2, -0.15) is 0 Å². The van der Waals surface area contributed by atoms with Gasteiger partial charge in [-0.05, 0) is 37.8 Å². The Morgan fingerprint density at radius 3 is 2.43 bits per heavy atom. The van der Waals surface area contributed by atoms with Crippen molar-refractivity contribution in [2.24, 2.45) is 0 Å². The van der Waals surface area contributed by atoms with E-state index in [1.54, 1.807) is 6.07 Å². The van der Waals surface area contributed by atoms with Crippen molar-refractivity contribution >= 4 is 21.4 Å². The van der Waals surface area contributed by atoms with E-state index in [0.29, 0.717) is 12.2 Å². The number of aliphatic hydroxyl groups is 1. The number of aliphatic hydroxyl groups excluding tert-OH is 1. The van der Waals surface area contributed by atoms with Crippen LogP contribution in [0.4, 0.5) is 11.4 Å². The Morgan fingerprint density at radius 1 is 1.19 bits per heavy atom. The van der Waals surface area contributed by atoms with Gasteiger partial charge in [0.2, 0.25) is 10.0 Å². The molecule has 6 heteroatoms. The highest BCUT2D eigenvalue weighted by molar-refractivity contribution is 7.92. The topological polar surface area (TPSA) is 66.4 Å². The van der Waals surface area contributed by atoms with Crippen molar-refractivity contribution in [1.29, 1.82) is 0 Å². The van der Waals surface area contributed by atoms with Gasteiger partial charge in [0.25, 0.3) is 0 Å². The molecule has 118 valence electrons. The zero-order valence-corrected chi connectivity index (χ0v) is 13.4. The van der Waals surface area contributed by atoms with E-state index in [2.05, 4.69) is 4.72 Å². The molecule has 1 saturated heterocycles. The lowest BCUT2D eigenvalue weighted by Gasteiger charge is -2.37. The first-order valence-corrected chi connectivity index (χ1v) is 9.40. The molecule has 0 aromatic heterocycles. The Morgan fingerprint density at radius 2 is 1.86 bits per heavy atom. The molecule has 0 unspecified atom stereocenters. The van der Waals surface area contributed by atoms with Crippen molar-refractivity contribution in [2.75, 3.05) is 37.2 Å². The average Bonchev–Trinajstić information content (AvgIpc) is 2.64. The Balaban J connectivity index is 2.33. The quantitative estimate of drug-likeness (QED) is 0.816. The number of benzene rings is 1. The molecular weight excluding hydrogens is 288 g/mol. The number of likely N-dealkylation sites (tertiary alicyclic amines) is 1. The monoisotopic (exact) mass is 313 g/mol. The molecule has 2 rings (SSSR count). The van der Waals surface area contributed by atoms with Gasteiger partial charge in [-0.1, -0.05) is 6.07 Å². The summed E-state index contributed by atoms with van der Waals surface area (Å²) in [4.78, 5) is 0. The SMILES string of the molecule is CS(=O)(=O)Nc1cccc([N+]2(CCO)CCCCCC2)c1. The molecule has 1 aliphatic rings. The van der Waals surface area contributed by atoms with Gasteiger partial charge in [0.15, 0.2) is 0 Å². The van der Waals surface area contributed by atoms with Gasteiger partial charge in [0.05, 0.1) is 31.6 Å². The highest BCUT2D eigenvalue weighted by Gasteiger charge is 2.31. The Hall–Kier alpha value is -1.11. The third-order valence-electron chi connectivity index (χ3n) is 4.15. The molecule has 0 aliphatic carbocycles. The minimum Gasteiger partial charge on any atom is -0.390 e. The number of nitrogens with one attached hydrogen (secondary N) is 1. The van der Waals surface area contributed by atoms with Crippen molar-refractivity contribution in [3.63, 3.8) is 0 Å². The van der Waals surface area contributed by atoms with E-state index in [4.69, 9.17) is 0 Å². The van der Waals surface area contributed by atoms with E-state index in [1.807, 2.05) is 18.2 Å². The van der Waals surface area contributed by atoms with Crippen LogP contribution >= 0.6 is 0 Å². The highest BCUT2D eigenvalue weighted by Crippen LogP contribution is 2.30. The lowest BCUT2D eigenvalue weighted by molar-refractivity contribution is 0.201. The molecule has 0 atom stereocenters. The Kier molecular flexibility index (Phi) is 5.24. The van der Waals surface area contributed by atoms with Crippen LogP contribution in [0.2, 0.25) is 0 Å². The summed E-state index contributed by atoms with van der Waals surface area (Å²) in [6.07, 6.45) is 5.90. The zero-order chi connectivity index (χ0) is 15.3. The largest absolute Gasteiger partial charge is 0.390 e. The van der Waals surface area contributed by atoms with Crippen LogP contribution in [0, 0.1) is 0 Å². The fourth-order valence-corrected chi connectivity index (χ4v) is 3.73. The smallest absolute Gasteiger partial charge is 0.229 e. The Labute approximate surface area is 127 Å². The van der Waals surface area contributed by atoms with Crippen molar-refractivity contribution in [3.05, 3.63) is 24.3 Å². The second kappa shape index (κ2) is 6.77. The molecule has 1 fully saturated rings. The molecule has 1 heterocycles. The molecule has 0 amide bonds. The molecule has 0 radical (unpaired) electrons. The molecule has 0 saturated carbocycles. The predicted molar refractivity (Wildman–Crippen MR) is 86.9 cm³/mol. The first kappa shape index (κ1) is 16.3. The van der Waals surface area contributed by atoms with Crippen LogP contribution in [-0.4, -0.2) is 46.0 Å². The second-order valence-electron chi connectivity index (χ2n) is 5.88. The van der Waals surface area contributed by atoms with Crippen LogP contribution < -0.4 is 9.21 Å². The molecule has 1 aromatic rings. The van der Waals surface area contributed by atoms with E-state index in [9.17, 15) is 13.5 Å². The summed E-state index contributed by atoms with van der Waals surface area (Å²) in [6, 6.07) is 7.58. The summed E-state index contributed by atoms with van der Waals surface area (Å²) in [7, 11) is -3.27. The summed E-state index contributed by atoms with van der Waals surface area (Å²) >= 11 is 0. The van der Waals surface area contributed by atoms with Gasteiger partial charge in [-0.25, -0.2) is 8.42 Å². The number of hydrogen-bond donors (Lipinski definition) is 2. The van der Waals surface area contributed by atoms with Crippen LogP contribution in [0.25, 0.3) is 0 Å². The van der Waals surface area contributed by atoms with Crippen LogP contribution in [0.1, 0.15) is 25.7 Å². The lowest BCUT2D eigenvalue weighted by atomic mass is 10.2. The zero-order valence-electron chi connectivity index (χ0n) is 12.6. The second-order valence-corrected chi connectivity index (χ2v) is 7.63. The fourth-order valence-electron chi connectivity index (χ4n) is 3.18. The lowest BCUT2D eigenvalue weighted by Crippen LogP contribution is -2.51. The maximum atomic E-state index is 11.4. The van der Waals surface area contributed by atoms with Gasteiger partial charge >= 0.3 is 0 Å². The van der Waals surface area contributed by atoms with E-state index in [-0.39, 0.29) is 6.61 Å².